The van der Waals surface area contributed by atoms with Gasteiger partial charge in [0.05, 0.1) is 11.4 Å². The average molecular weight is 165 g/mol. The van der Waals surface area contributed by atoms with Crippen LogP contribution < -0.4 is 16.8 Å². The first-order valence-corrected chi connectivity index (χ1v) is 3.86. The molecule has 0 atom stereocenters. The van der Waals surface area contributed by atoms with Crippen LogP contribution in [0.1, 0.15) is 17.0 Å². The van der Waals surface area contributed by atoms with Crippen LogP contribution in [0.15, 0.2) is 0 Å². The number of anilines is 1. The molecule has 1 aliphatic rings. The second-order valence-electron chi connectivity index (χ2n) is 2.76. The number of nitrogens with one attached hydrogen (secondary N) is 1. The number of hydrogen-bond acceptors (Lipinski definition) is 5. The molecule has 0 unspecified atom stereocenters. The minimum absolute atomic E-state index is 0.318. The Hall–Kier alpha value is -1.20. The van der Waals surface area contributed by atoms with E-state index in [-0.39, 0.29) is 0 Å². The van der Waals surface area contributed by atoms with Crippen LogP contribution in [0.4, 0.5) is 5.95 Å². The first kappa shape index (κ1) is 7.45. The number of nitrogens with two attached hydrogens (primary N) is 2. The van der Waals surface area contributed by atoms with E-state index in [9.17, 15) is 0 Å². The summed E-state index contributed by atoms with van der Waals surface area (Å²) >= 11 is 0. The molecule has 2 rings (SSSR count). The first-order chi connectivity index (χ1) is 5.81. The highest BCUT2D eigenvalue weighted by molar-refractivity contribution is 5.34. The van der Waals surface area contributed by atoms with Gasteiger partial charge in [0.25, 0.3) is 0 Å². The fraction of sp³-hybridized carbons (Fsp3) is 0.429. The van der Waals surface area contributed by atoms with Crippen LogP contribution in [0.3, 0.4) is 0 Å². The predicted molar refractivity (Wildman–Crippen MR) is 44.9 cm³/mol. The van der Waals surface area contributed by atoms with Gasteiger partial charge in [0.2, 0.25) is 5.95 Å². The molecule has 0 aliphatic carbocycles. The molecule has 0 fully saturated rings. The Balaban J connectivity index is 2.55. The Morgan fingerprint density at radius 3 is 2.92 bits per heavy atom. The molecular formula is C7H11N5. The number of nitrogen functional groups attached to an aromatic ring is 1. The van der Waals surface area contributed by atoms with E-state index in [2.05, 4.69) is 15.3 Å². The molecule has 1 aromatic rings. The van der Waals surface area contributed by atoms with Crippen LogP contribution in [0.5, 0.6) is 0 Å². The number of rotatable bonds is 1. The highest BCUT2D eigenvalue weighted by Crippen LogP contribution is 2.16. The number of aromatic nitrogens is 2. The summed E-state index contributed by atoms with van der Waals surface area (Å²) in [6.45, 7) is 2.01. The Kier molecular flexibility index (Phi) is 1.67. The van der Waals surface area contributed by atoms with Crippen molar-refractivity contribution in [2.45, 2.75) is 19.6 Å². The minimum atomic E-state index is 0.318. The zero-order valence-corrected chi connectivity index (χ0v) is 6.67. The van der Waals surface area contributed by atoms with Crippen molar-refractivity contribution < 1.29 is 0 Å². The minimum Gasteiger partial charge on any atom is -0.368 e. The SMILES string of the molecule is NCc1nc(N)nc2c1CNC2. The van der Waals surface area contributed by atoms with Gasteiger partial charge in [-0.2, -0.15) is 0 Å². The van der Waals surface area contributed by atoms with Crippen LogP contribution in [-0.2, 0) is 19.6 Å². The molecule has 0 bridgehead atoms. The summed E-state index contributed by atoms with van der Waals surface area (Å²) in [6.07, 6.45) is 0. The molecule has 2 heterocycles. The highest BCUT2D eigenvalue weighted by atomic mass is 15.1. The molecule has 5 heteroatoms. The van der Waals surface area contributed by atoms with Gasteiger partial charge >= 0.3 is 0 Å². The molecule has 0 amide bonds. The number of hydrogen-bond donors (Lipinski definition) is 3. The van der Waals surface area contributed by atoms with Gasteiger partial charge < -0.3 is 16.8 Å². The summed E-state index contributed by atoms with van der Waals surface area (Å²) in [5.41, 5.74) is 14.0. The van der Waals surface area contributed by atoms with Gasteiger partial charge in [-0.3, -0.25) is 0 Å². The van der Waals surface area contributed by atoms with E-state index < -0.39 is 0 Å². The first-order valence-electron chi connectivity index (χ1n) is 3.86. The van der Waals surface area contributed by atoms with Crippen molar-refractivity contribution in [1.29, 1.82) is 0 Å². The standard InChI is InChI=1S/C7H11N5/c8-1-5-4-2-10-3-6(4)12-7(9)11-5/h10H,1-3,8H2,(H2,9,11,12). The maximum atomic E-state index is 5.52. The largest absolute Gasteiger partial charge is 0.368 e. The van der Waals surface area contributed by atoms with E-state index in [1.54, 1.807) is 0 Å². The molecule has 5 N–H and O–H groups in total. The second kappa shape index (κ2) is 2.69. The van der Waals surface area contributed by atoms with Crippen molar-refractivity contribution in [3.05, 3.63) is 17.0 Å². The molecule has 1 aromatic heterocycles. The van der Waals surface area contributed by atoms with Crippen molar-refractivity contribution >= 4 is 5.95 Å². The fourth-order valence-electron chi connectivity index (χ4n) is 1.43. The summed E-state index contributed by atoms with van der Waals surface area (Å²) in [5, 5.41) is 3.18. The summed E-state index contributed by atoms with van der Waals surface area (Å²) in [5.74, 6) is 0.318. The predicted octanol–water partition coefficient (Wildman–Crippen LogP) is -0.879. The van der Waals surface area contributed by atoms with Gasteiger partial charge in [0, 0.05) is 25.2 Å². The van der Waals surface area contributed by atoms with Crippen molar-refractivity contribution in [3.63, 3.8) is 0 Å². The molecule has 0 spiro atoms. The second-order valence-corrected chi connectivity index (χ2v) is 2.76. The van der Waals surface area contributed by atoms with Crippen molar-refractivity contribution in [2.24, 2.45) is 5.73 Å². The molecule has 1 aliphatic heterocycles. The van der Waals surface area contributed by atoms with Crippen LogP contribution in [0.2, 0.25) is 0 Å². The smallest absolute Gasteiger partial charge is 0.220 e. The summed E-state index contributed by atoms with van der Waals surface area (Å²) in [7, 11) is 0. The van der Waals surface area contributed by atoms with Crippen molar-refractivity contribution in [1.82, 2.24) is 15.3 Å². The third kappa shape index (κ3) is 1.03. The van der Waals surface area contributed by atoms with Crippen LogP contribution >= 0.6 is 0 Å². The average Bonchev–Trinajstić information content (AvgIpc) is 2.50. The molecule has 0 aromatic carbocycles. The van der Waals surface area contributed by atoms with E-state index >= 15 is 0 Å². The third-order valence-electron chi connectivity index (χ3n) is 1.98. The number of nitrogens with zero attached hydrogens (tertiary/aromatic N) is 2. The molecule has 0 saturated carbocycles. The Morgan fingerprint density at radius 1 is 1.33 bits per heavy atom. The lowest BCUT2D eigenvalue weighted by Gasteiger charge is -2.03. The molecule has 5 nitrogen and oxygen atoms in total. The normalized spacial score (nSPS) is 14.8. The van der Waals surface area contributed by atoms with E-state index in [0.717, 1.165) is 30.0 Å². The quantitative estimate of drug-likeness (QED) is 0.503. The molecule has 0 saturated heterocycles. The van der Waals surface area contributed by atoms with Gasteiger partial charge in [-0.1, -0.05) is 0 Å². The van der Waals surface area contributed by atoms with Crippen molar-refractivity contribution in [3.8, 4) is 0 Å². The maximum absolute atomic E-state index is 5.52. The Bertz CT molecular complexity index is 309. The van der Waals surface area contributed by atoms with Crippen LogP contribution in [0, 0.1) is 0 Å². The molecular weight excluding hydrogens is 154 g/mol. The van der Waals surface area contributed by atoms with E-state index in [1.807, 2.05) is 0 Å². The summed E-state index contributed by atoms with van der Waals surface area (Å²) in [6, 6.07) is 0. The summed E-state index contributed by atoms with van der Waals surface area (Å²) in [4.78, 5) is 8.18. The van der Waals surface area contributed by atoms with E-state index in [0.29, 0.717) is 12.5 Å². The van der Waals surface area contributed by atoms with Gasteiger partial charge in [0.15, 0.2) is 0 Å². The highest BCUT2D eigenvalue weighted by Gasteiger charge is 2.16. The van der Waals surface area contributed by atoms with Gasteiger partial charge in [-0.15, -0.1) is 0 Å². The van der Waals surface area contributed by atoms with Crippen LogP contribution in [-0.4, -0.2) is 9.97 Å². The van der Waals surface area contributed by atoms with Crippen LogP contribution in [0.25, 0.3) is 0 Å². The zero-order chi connectivity index (χ0) is 8.55. The lowest BCUT2D eigenvalue weighted by atomic mass is 10.2. The monoisotopic (exact) mass is 165 g/mol. The Morgan fingerprint density at radius 2 is 2.17 bits per heavy atom. The molecule has 0 radical (unpaired) electrons. The number of fused-ring (bicyclic) bond motifs is 1. The van der Waals surface area contributed by atoms with Gasteiger partial charge in [-0.05, 0) is 0 Å². The van der Waals surface area contributed by atoms with Gasteiger partial charge in [0.1, 0.15) is 0 Å². The van der Waals surface area contributed by atoms with Gasteiger partial charge in [-0.25, -0.2) is 9.97 Å². The lowest BCUT2D eigenvalue weighted by Crippen LogP contribution is -2.09. The lowest BCUT2D eigenvalue weighted by molar-refractivity contribution is 0.755. The molecule has 64 valence electrons. The summed E-state index contributed by atoms with van der Waals surface area (Å²) < 4.78 is 0. The zero-order valence-electron chi connectivity index (χ0n) is 6.67. The molecule has 12 heavy (non-hydrogen) atoms. The Labute approximate surface area is 70.2 Å². The fourth-order valence-corrected chi connectivity index (χ4v) is 1.43. The van der Waals surface area contributed by atoms with E-state index in [4.69, 9.17) is 11.5 Å². The van der Waals surface area contributed by atoms with E-state index in [1.165, 1.54) is 0 Å². The third-order valence-corrected chi connectivity index (χ3v) is 1.98. The van der Waals surface area contributed by atoms with Crippen molar-refractivity contribution in [2.75, 3.05) is 5.73 Å². The maximum Gasteiger partial charge on any atom is 0.220 e. The topological polar surface area (TPSA) is 89.8 Å².